The lowest BCUT2D eigenvalue weighted by Gasteiger charge is -2.29. The molecule has 1 aliphatic heterocycles. The number of hydrogen-bond acceptors (Lipinski definition) is 4. The van der Waals surface area contributed by atoms with Crippen LogP contribution in [0.5, 0.6) is 0 Å². The van der Waals surface area contributed by atoms with Crippen LogP contribution in [-0.4, -0.2) is 49.7 Å². The molecule has 0 radical (unpaired) electrons. The molecular formula is C16H32N2O2. The van der Waals surface area contributed by atoms with Crippen LogP contribution < -0.4 is 5.32 Å². The molecule has 0 saturated carbocycles. The first-order valence-electron chi connectivity index (χ1n) is 8.07. The SMILES string of the molecule is CCNC(C)(CCCN1CCCC(C)CC1)C(=O)OC. The first-order valence-corrected chi connectivity index (χ1v) is 8.07. The monoisotopic (exact) mass is 284 g/mol. The van der Waals surface area contributed by atoms with Gasteiger partial charge in [-0.2, -0.15) is 0 Å². The number of carbonyl (C=O) groups is 1. The number of hydrogen-bond donors (Lipinski definition) is 1. The van der Waals surface area contributed by atoms with E-state index in [1.165, 1.54) is 39.5 Å². The summed E-state index contributed by atoms with van der Waals surface area (Å²) in [7, 11) is 1.47. The third kappa shape index (κ3) is 5.41. The highest BCUT2D eigenvalue weighted by Gasteiger charge is 2.32. The molecule has 2 atom stereocenters. The van der Waals surface area contributed by atoms with Gasteiger partial charge in [-0.25, -0.2) is 0 Å². The van der Waals surface area contributed by atoms with Crippen molar-refractivity contribution in [2.24, 2.45) is 5.92 Å². The van der Waals surface area contributed by atoms with Gasteiger partial charge in [-0.1, -0.05) is 13.8 Å². The number of rotatable bonds is 7. The highest BCUT2D eigenvalue weighted by Crippen LogP contribution is 2.19. The number of likely N-dealkylation sites (N-methyl/N-ethyl adjacent to an activating group) is 1. The van der Waals surface area contributed by atoms with Gasteiger partial charge in [0, 0.05) is 0 Å². The van der Waals surface area contributed by atoms with E-state index in [0.29, 0.717) is 0 Å². The van der Waals surface area contributed by atoms with Crippen molar-refractivity contribution in [3.05, 3.63) is 0 Å². The number of methoxy groups -OCH3 is 1. The molecule has 1 N–H and O–H groups in total. The Hall–Kier alpha value is -0.610. The second-order valence-corrected chi connectivity index (χ2v) is 6.34. The van der Waals surface area contributed by atoms with Gasteiger partial charge in [0.1, 0.15) is 5.54 Å². The smallest absolute Gasteiger partial charge is 0.325 e. The summed E-state index contributed by atoms with van der Waals surface area (Å²) in [6, 6.07) is 0. The van der Waals surface area contributed by atoms with Crippen LogP contribution in [-0.2, 0) is 9.53 Å². The second-order valence-electron chi connectivity index (χ2n) is 6.34. The van der Waals surface area contributed by atoms with Gasteiger partial charge in [0.2, 0.25) is 0 Å². The predicted octanol–water partition coefficient (Wildman–Crippen LogP) is 2.43. The van der Waals surface area contributed by atoms with Crippen LogP contribution in [0.25, 0.3) is 0 Å². The lowest BCUT2D eigenvalue weighted by atomic mass is 9.95. The maximum atomic E-state index is 11.9. The van der Waals surface area contributed by atoms with Crippen LogP contribution in [0.4, 0.5) is 0 Å². The molecule has 0 aromatic carbocycles. The van der Waals surface area contributed by atoms with Crippen molar-refractivity contribution in [3.63, 3.8) is 0 Å². The van der Waals surface area contributed by atoms with Gasteiger partial charge in [0.15, 0.2) is 0 Å². The van der Waals surface area contributed by atoms with Gasteiger partial charge in [-0.3, -0.25) is 4.79 Å². The normalized spacial score (nSPS) is 23.9. The van der Waals surface area contributed by atoms with Crippen molar-refractivity contribution in [3.8, 4) is 0 Å². The van der Waals surface area contributed by atoms with Crippen LogP contribution in [0.3, 0.4) is 0 Å². The molecule has 2 unspecified atom stereocenters. The molecule has 4 nitrogen and oxygen atoms in total. The van der Waals surface area contributed by atoms with E-state index in [9.17, 15) is 4.79 Å². The zero-order valence-electron chi connectivity index (χ0n) is 13.7. The Labute approximate surface area is 124 Å². The van der Waals surface area contributed by atoms with Crippen LogP contribution in [0.2, 0.25) is 0 Å². The topological polar surface area (TPSA) is 41.6 Å². The molecule has 0 bridgehead atoms. The summed E-state index contributed by atoms with van der Waals surface area (Å²) < 4.78 is 4.93. The van der Waals surface area contributed by atoms with Gasteiger partial charge >= 0.3 is 5.97 Å². The van der Waals surface area contributed by atoms with Gasteiger partial charge in [0.05, 0.1) is 7.11 Å². The minimum Gasteiger partial charge on any atom is -0.468 e. The van der Waals surface area contributed by atoms with E-state index in [-0.39, 0.29) is 5.97 Å². The number of ether oxygens (including phenoxy) is 1. The molecule has 0 aromatic rings. The van der Waals surface area contributed by atoms with Gasteiger partial charge < -0.3 is 15.0 Å². The fourth-order valence-electron chi connectivity index (χ4n) is 3.08. The Balaban J connectivity index is 2.38. The van der Waals surface area contributed by atoms with E-state index < -0.39 is 5.54 Å². The largest absolute Gasteiger partial charge is 0.468 e. The number of likely N-dealkylation sites (tertiary alicyclic amines) is 1. The van der Waals surface area contributed by atoms with Crippen LogP contribution in [0, 0.1) is 5.92 Å². The fraction of sp³-hybridized carbons (Fsp3) is 0.938. The molecule has 0 aromatic heterocycles. The summed E-state index contributed by atoms with van der Waals surface area (Å²) in [4.78, 5) is 14.5. The number of esters is 1. The van der Waals surface area contributed by atoms with Crippen LogP contribution in [0.1, 0.15) is 52.9 Å². The molecule has 1 heterocycles. The molecule has 1 rings (SSSR count). The van der Waals surface area contributed by atoms with Crippen molar-refractivity contribution in [2.45, 2.75) is 58.4 Å². The molecule has 0 spiro atoms. The van der Waals surface area contributed by atoms with E-state index in [0.717, 1.165) is 31.8 Å². The summed E-state index contributed by atoms with van der Waals surface area (Å²) in [6.07, 6.45) is 5.84. The highest BCUT2D eigenvalue weighted by atomic mass is 16.5. The van der Waals surface area contributed by atoms with Crippen molar-refractivity contribution >= 4 is 5.97 Å². The van der Waals surface area contributed by atoms with Crippen molar-refractivity contribution in [2.75, 3.05) is 33.3 Å². The van der Waals surface area contributed by atoms with E-state index in [4.69, 9.17) is 4.74 Å². The first-order chi connectivity index (χ1) is 9.51. The van der Waals surface area contributed by atoms with Crippen LogP contribution in [0.15, 0.2) is 0 Å². The molecular weight excluding hydrogens is 252 g/mol. The quantitative estimate of drug-likeness (QED) is 0.729. The maximum absolute atomic E-state index is 11.9. The summed E-state index contributed by atoms with van der Waals surface area (Å²) in [5.41, 5.74) is -0.539. The average molecular weight is 284 g/mol. The molecule has 20 heavy (non-hydrogen) atoms. The first kappa shape index (κ1) is 17.4. The van der Waals surface area contributed by atoms with E-state index >= 15 is 0 Å². The van der Waals surface area contributed by atoms with E-state index in [1.54, 1.807) is 0 Å². The Kier molecular flexibility index (Phi) is 7.52. The Morgan fingerprint density at radius 3 is 2.80 bits per heavy atom. The number of nitrogens with one attached hydrogen (secondary N) is 1. The lowest BCUT2D eigenvalue weighted by molar-refractivity contribution is -0.148. The fourth-order valence-corrected chi connectivity index (χ4v) is 3.08. The Bertz CT molecular complexity index is 296. The molecule has 1 saturated heterocycles. The predicted molar refractivity (Wildman–Crippen MR) is 82.8 cm³/mol. The molecule has 4 heteroatoms. The third-order valence-electron chi connectivity index (χ3n) is 4.46. The minimum atomic E-state index is -0.539. The van der Waals surface area contributed by atoms with Gasteiger partial charge in [0.25, 0.3) is 0 Å². The second kappa shape index (κ2) is 8.63. The minimum absolute atomic E-state index is 0.149. The Morgan fingerprint density at radius 1 is 1.40 bits per heavy atom. The highest BCUT2D eigenvalue weighted by molar-refractivity contribution is 5.80. The summed E-state index contributed by atoms with van der Waals surface area (Å²) in [6.45, 7) is 10.6. The van der Waals surface area contributed by atoms with E-state index in [2.05, 4.69) is 17.1 Å². The average Bonchev–Trinajstić information content (AvgIpc) is 2.63. The standard InChI is InChI=1S/C16H32N2O2/c1-5-17-16(3,15(19)20-4)10-7-12-18-11-6-8-14(2)9-13-18/h14,17H,5-13H2,1-4H3. The summed E-state index contributed by atoms with van der Waals surface area (Å²) in [5.74, 6) is 0.714. The molecule has 0 amide bonds. The third-order valence-corrected chi connectivity index (χ3v) is 4.46. The maximum Gasteiger partial charge on any atom is 0.325 e. The summed E-state index contributed by atoms with van der Waals surface area (Å²) in [5, 5.41) is 3.27. The van der Waals surface area contributed by atoms with Crippen molar-refractivity contribution < 1.29 is 9.53 Å². The lowest BCUT2D eigenvalue weighted by Crippen LogP contribution is -2.50. The van der Waals surface area contributed by atoms with Gasteiger partial charge in [-0.05, 0) is 71.1 Å². The number of nitrogens with zero attached hydrogens (tertiary/aromatic N) is 1. The van der Waals surface area contributed by atoms with Crippen LogP contribution >= 0.6 is 0 Å². The zero-order chi connectivity index (χ0) is 15.0. The zero-order valence-corrected chi connectivity index (χ0v) is 13.7. The van der Waals surface area contributed by atoms with Crippen molar-refractivity contribution in [1.82, 2.24) is 10.2 Å². The Morgan fingerprint density at radius 2 is 2.15 bits per heavy atom. The molecule has 1 aliphatic rings. The molecule has 0 aliphatic carbocycles. The number of carbonyl (C=O) groups excluding carboxylic acids is 1. The van der Waals surface area contributed by atoms with E-state index in [1.807, 2.05) is 13.8 Å². The van der Waals surface area contributed by atoms with Gasteiger partial charge in [-0.15, -0.1) is 0 Å². The van der Waals surface area contributed by atoms with Crippen molar-refractivity contribution in [1.29, 1.82) is 0 Å². The summed E-state index contributed by atoms with van der Waals surface area (Å²) >= 11 is 0. The molecule has 1 fully saturated rings. The molecule has 118 valence electrons.